The molecule has 4 aromatic rings. The molecule has 0 atom stereocenters. The van der Waals surface area contributed by atoms with E-state index in [-0.39, 0.29) is 5.91 Å². The van der Waals surface area contributed by atoms with Gasteiger partial charge in [-0.2, -0.15) is 0 Å². The number of nitrogens with zero attached hydrogens (tertiary/aromatic N) is 1. The van der Waals surface area contributed by atoms with Crippen molar-refractivity contribution in [1.82, 2.24) is 4.57 Å². The molecule has 4 rings (SSSR count). The summed E-state index contributed by atoms with van der Waals surface area (Å²) in [6.07, 6.45) is 0. The van der Waals surface area contributed by atoms with Crippen LogP contribution in [-0.2, 0) is 6.54 Å². The van der Waals surface area contributed by atoms with Gasteiger partial charge in [0.2, 0.25) is 0 Å². The second kappa shape index (κ2) is 5.98. The topological polar surface area (TPSA) is 60.0 Å². The summed E-state index contributed by atoms with van der Waals surface area (Å²) < 4.78 is 2.26. The summed E-state index contributed by atoms with van der Waals surface area (Å²) >= 11 is 0. The molecule has 3 aromatic carbocycles. The second-order valence-corrected chi connectivity index (χ2v) is 6.07. The van der Waals surface area contributed by atoms with Gasteiger partial charge >= 0.3 is 0 Å². The zero-order valence-electron chi connectivity index (χ0n) is 14.0. The quantitative estimate of drug-likeness (QED) is 0.538. The molecule has 4 nitrogen and oxygen atoms in total. The molecule has 4 heteroatoms. The van der Waals surface area contributed by atoms with Gasteiger partial charge < -0.3 is 15.6 Å². The Hall–Kier alpha value is -3.27. The average Bonchev–Trinajstić information content (AvgIpc) is 2.94. The maximum atomic E-state index is 12.4. The first-order valence-corrected chi connectivity index (χ1v) is 8.35. The van der Waals surface area contributed by atoms with E-state index in [1.165, 1.54) is 0 Å². The summed E-state index contributed by atoms with van der Waals surface area (Å²) in [5, 5.41) is 5.17. The zero-order valence-corrected chi connectivity index (χ0v) is 14.0. The molecule has 0 spiro atoms. The number of hydrogen-bond acceptors (Lipinski definition) is 2. The Balaban J connectivity index is 1.81. The summed E-state index contributed by atoms with van der Waals surface area (Å²) in [5.74, 6) is -0.112. The maximum Gasteiger partial charge on any atom is 0.255 e. The van der Waals surface area contributed by atoms with Gasteiger partial charge in [-0.1, -0.05) is 18.2 Å². The molecular formula is C21H19N3O. The average molecular weight is 329 g/mol. The first-order chi connectivity index (χ1) is 12.2. The van der Waals surface area contributed by atoms with Crippen LogP contribution in [0.15, 0.2) is 66.7 Å². The summed E-state index contributed by atoms with van der Waals surface area (Å²) in [6, 6.07) is 21.2. The SMILES string of the molecule is CCn1c2ccc(N)cc2c2cc(NC(=O)c3ccccc3)ccc21. The second-order valence-electron chi connectivity index (χ2n) is 6.07. The van der Waals surface area contributed by atoms with Crippen molar-refractivity contribution < 1.29 is 4.79 Å². The highest BCUT2D eigenvalue weighted by molar-refractivity contribution is 6.11. The van der Waals surface area contributed by atoms with E-state index in [2.05, 4.69) is 28.9 Å². The van der Waals surface area contributed by atoms with Crippen LogP contribution in [0.3, 0.4) is 0 Å². The molecule has 0 aliphatic carbocycles. The number of carbonyl (C=O) groups excluding carboxylic acids is 1. The molecule has 0 radical (unpaired) electrons. The fraction of sp³-hybridized carbons (Fsp3) is 0.0952. The number of carbonyl (C=O) groups is 1. The number of hydrogen-bond donors (Lipinski definition) is 2. The van der Waals surface area contributed by atoms with Crippen LogP contribution >= 0.6 is 0 Å². The predicted octanol–water partition coefficient (Wildman–Crippen LogP) is 4.65. The van der Waals surface area contributed by atoms with Crippen molar-refractivity contribution >= 4 is 39.1 Å². The summed E-state index contributed by atoms with van der Waals surface area (Å²) in [6.45, 7) is 3.00. The van der Waals surface area contributed by atoms with Crippen molar-refractivity contribution in [2.45, 2.75) is 13.5 Å². The Morgan fingerprint density at radius 3 is 2.36 bits per heavy atom. The minimum Gasteiger partial charge on any atom is -0.399 e. The van der Waals surface area contributed by atoms with E-state index in [4.69, 9.17) is 5.73 Å². The molecule has 0 saturated heterocycles. The number of aromatic nitrogens is 1. The Labute approximate surface area is 145 Å². The smallest absolute Gasteiger partial charge is 0.255 e. The molecule has 0 aliphatic rings. The largest absolute Gasteiger partial charge is 0.399 e. The molecule has 1 heterocycles. The summed E-state index contributed by atoms with van der Waals surface area (Å²) in [5.41, 5.74) is 10.4. The molecule has 0 aliphatic heterocycles. The third-order valence-electron chi connectivity index (χ3n) is 4.50. The lowest BCUT2D eigenvalue weighted by Gasteiger charge is -2.06. The Kier molecular flexibility index (Phi) is 3.65. The van der Waals surface area contributed by atoms with E-state index in [1.807, 2.05) is 42.5 Å². The van der Waals surface area contributed by atoms with E-state index < -0.39 is 0 Å². The molecule has 124 valence electrons. The van der Waals surface area contributed by atoms with Crippen molar-refractivity contribution in [3.05, 3.63) is 72.3 Å². The van der Waals surface area contributed by atoms with Crippen LogP contribution in [0.4, 0.5) is 11.4 Å². The molecule has 0 saturated carbocycles. The Morgan fingerprint density at radius 2 is 1.64 bits per heavy atom. The highest BCUT2D eigenvalue weighted by Gasteiger charge is 2.12. The van der Waals surface area contributed by atoms with Gasteiger partial charge in [0.25, 0.3) is 5.91 Å². The van der Waals surface area contributed by atoms with Gasteiger partial charge in [0.15, 0.2) is 0 Å². The van der Waals surface area contributed by atoms with Crippen LogP contribution in [0, 0.1) is 0 Å². The van der Waals surface area contributed by atoms with Crippen LogP contribution < -0.4 is 11.1 Å². The molecule has 0 fully saturated rings. The van der Waals surface area contributed by atoms with E-state index in [9.17, 15) is 4.79 Å². The zero-order chi connectivity index (χ0) is 17.4. The minimum atomic E-state index is -0.112. The first-order valence-electron chi connectivity index (χ1n) is 8.35. The number of nitrogen functional groups attached to an aromatic ring is 1. The van der Waals surface area contributed by atoms with Gasteiger partial charge in [0, 0.05) is 45.3 Å². The standard InChI is InChI=1S/C21H19N3O/c1-2-24-19-10-8-15(22)12-17(19)18-13-16(9-11-20(18)24)23-21(25)14-6-4-3-5-7-14/h3-13H,2,22H2,1H3,(H,23,25). The minimum absolute atomic E-state index is 0.112. The number of nitrogens with one attached hydrogen (secondary N) is 1. The van der Waals surface area contributed by atoms with Gasteiger partial charge in [0.05, 0.1) is 0 Å². The van der Waals surface area contributed by atoms with Crippen molar-refractivity contribution in [2.24, 2.45) is 0 Å². The third kappa shape index (κ3) is 2.62. The fourth-order valence-electron chi connectivity index (χ4n) is 3.33. The van der Waals surface area contributed by atoms with E-state index in [0.29, 0.717) is 5.56 Å². The normalized spacial score (nSPS) is 11.1. The van der Waals surface area contributed by atoms with E-state index >= 15 is 0 Å². The number of benzene rings is 3. The Bertz CT molecular complexity index is 1080. The van der Waals surface area contributed by atoms with Gasteiger partial charge in [-0.25, -0.2) is 0 Å². The molecule has 25 heavy (non-hydrogen) atoms. The predicted molar refractivity (Wildman–Crippen MR) is 104 cm³/mol. The number of nitrogens with two attached hydrogens (primary N) is 1. The number of rotatable bonds is 3. The number of anilines is 2. The summed E-state index contributed by atoms with van der Waals surface area (Å²) in [7, 11) is 0. The lowest BCUT2D eigenvalue weighted by Crippen LogP contribution is -2.11. The number of amides is 1. The van der Waals surface area contributed by atoms with Crippen molar-refractivity contribution in [3.8, 4) is 0 Å². The Morgan fingerprint density at radius 1 is 0.960 bits per heavy atom. The van der Waals surface area contributed by atoms with Crippen LogP contribution in [0.5, 0.6) is 0 Å². The molecular weight excluding hydrogens is 310 g/mol. The van der Waals surface area contributed by atoms with Crippen LogP contribution in [0.2, 0.25) is 0 Å². The lowest BCUT2D eigenvalue weighted by atomic mass is 10.1. The highest BCUT2D eigenvalue weighted by atomic mass is 16.1. The van der Waals surface area contributed by atoms with E-state index in [0.717, 1.165) is 39.7 Å². The maximum absolute atomic E-state index is 12.4. The number of aryl methyl sites for hydroxylation is 1. The van der Waals surface area contributed by atoms with Crippen LogP contribution in [-0.4, -0.2) is 10.5 Å². The van der Waals surface area contributed by atoms with Crippen molar-refractivity contribution in [2.75, 3.05) is 11.1 Å². The summed E-state index contributed by atoms with van der Waals surface area (Å²) in [4.78, 5) is 12.4. The molecule has 0 unspecified atom stereocenters. The van der Waals surface area contributed by atoms with Crippen molar-refractivity contribution in [1.29, 1.82) is 0 Å². The van der Waals surface area contributed by atoms with Gasteiger partial charge in [-0.05, 0) is 55.5 Å². The number of fused-ring (bicyclic) bond motifs is 3. The lowest BCUT2D eigenvalue weighted by molar-refractivity contribution is 0.102. The molecule has 1 amide bonds. The molecule has 1 aromatic heterocycles. The van der Waals surface area contributed by atoms with Gasteiger partial charge in [0.1, 0.15) is 0 Å². The monoisotopic (exact) mass is 329 g/mol. The van der Waals surface area contributed by atoms with E-state index in [1.54, 1.807) is 12.1 Å². The van der Waals surface area contributed by atoms with Gasteiger partial charge in [-0.3, -0.25) is 4.79 Å². The van der Waals surface area contributed by atoms with Crippen LogP contribution in [0.25, 0.3) is 21.8 Å². The third-order valence-corrected chi connectivity index (χ3v) is 4.50. The van der Waals surface area contributed by atoms with Crippen LogP contribution in [0.1, 0.15) is 17.3 Å². The highest BCUT2D eigenvalue weighted by Crippen LogP contribution is 2.32. The fourth-order valence-corrected chi connectivity index (χ4v) is 3.33. The molecule has 0 bridgehead atoms. The first kappa shape index (κ1) is 15.3. The molecule has 3 N–H and O–H groups in total. The van der Waals surface area contributed by atoms with Crippen molar-refractivity contribution in [3.63, 3.8) is 0 Å². The van der Waals surface area contributed by atoms with Gasteiger partial charge in [-0.15, -0.1) is 0 Å².